The summed E-state index contributed by atoms with van der Waals surface area (Å²) in [6.45, 7) is 3.97. The Bertz CT molecular complexity index is 325. The largest absolute Gasteiger partial charge is 0.374 e. The van der Waals surface area contributed by atoms with Crippen molar-refractivity contribution in [2.75, 3.05) is 18.1 Å². The van der Waals surface area contributed by atoms with Gasteiger partial charge in [-0.15, -0.1) is 11.3 Å². The van der Waals surface area contributed by atoms with E-state index in [-0.39, 0.29) is 0 Å². The third-order valence-corrected chi connectivity index (χ3v) is 3.57. The lowest BCUT2D eigenvalue weighted by atomic mass is 10.4. The first-order chi connectivity index (χ1) is 6.34. The van der Waals surface area contributed by atoms with Gasteiger partial charge in [0.1, 0.15) is 0 Å². The summed E-state index contributed by atoms with van der Waals surface area (Å²) in [4.78, 5) is 8.09. The number of morpholine rings is 1. The molecule has 1 aliphatic carbocycles. The number of anilines is 1. The zero-order chi connectivity index (χ0) is 8.84. The molecule has 3 nitrogen and oxygen atoms in total. The van der Waals surface area contributed by atoms with Crippen LogP contribution in [0.3, 0.4) is 0 Å². The molecule has 1 aromatic rings. The van der Waals surface area contributed by atoms with Gasteiger partial charge in [0.2, 0.25) is 0 Å². The van der Waals surface area contributed by atoms with Gasteiger partial charge in [-0.25, -0.2) is 4.98 Å². The van der Waals surface area contributed by atoms with Crippen molar-refractivity contribution in [2.24, 2.45) is 0 Å². The molecule has 13 heavy (non-hydrogen) atoms. The zero-order valence-electron chi connectivity index (χ0n) is 7.56. The molecule has 3 rings (SSSR count). The van der Waals surface area contributed by atoms with E-state index in [2.05, 4.69) is 16.8 Å². The number of nitrogens with zero attached hydrogens (tertiary/aromatic N) is 2. The van der Waals surface area contributed by atoms with Crippen molar-refractivity contribution < 1.29 is 4.74 Å². The fraction of sp³-hybridized carbons (Fsp3) is 0.667. The Kier molecular flexibility index (Phi) is 1.60. The van der Waals surface area contributed by atoms with Crippen molar-refractivity contribution in [2.45, 2.75) is 25.5 Å². The van der Waals surface area contributed by atoms with E-state index in [0.717, 1.165) is 13.2 Å². The van der Waals surface area contributed by atoms with Crippen LogP contribution in [-0.2, 0) is 4.74 Å². The summed E-state index contributed by atoms with van der Waals surface area (Å²) < 4.78 is 5.55. The van der Waals surface area contributed by atoms with E-state index in [4.69, 9.17) is 4.74 Å². The minimum Gasteiger partial charge on any atom is -0.374 e. The molecule has 1 saturated carbocycles. The molecule has 2 heterocycles. The summed E-state index contributed by atoms with van der Waals surface area (Å²) in [6.07, 6.45) is 3.64. The molecule has 0 radical (unpaired) electrons. The van der Waals surface area contributed by atoms with Gasteiger partial charge in [-0.05, 0) is 13.3 Å². The molecule has 0 spiro atoms. The minimum atomic E-state index is 0.498. The highest BCUT2D eigenvalue weighted by atomic mass is 32.1. The number of hydrogen-bond donors (Lipinski definition) is 0. The smallest absolute Gasteiger partial charge is 0.185 e. The van der Waals surface area contributed by atoms with Gasteiger partial charge in [0.15, 0.2) is 5.13 Å². The third kappa shape index (κ3) is 1.25. The van der Waals surface area contributed by atoms with Crippen LogP contribution in [0.5, 0.6) is 0 Å². The van der Waals surface area contributed by atoms with Crippen LogP contribution in [0, 0.1) is 6.92 Å². The van der Waals surface area contributed by atoms with E-state index in [1.807, 2.05) is 6.20 Å². The van der Waals surface area contributed by atoms with Crippen molar-refractivity contribution >= 4 is 16.5 Å². The van der Waals surface area contributed by atoms with Crippen LogP contribution >= 0.6 is 11.3 Å². The number of aryl methyl sites for hydroxylation is 1. The first kappa shape index (κ1) is 7.76. The Morgan fingerprint density at radius 3 is 3.38 bits per heavy atom. The number of hydrogen-bond acceptors (Lipinski definition) is 4. The van der Waals surface area contributed by atoms with Crippen LogP contribution < -0.4 is 4.90 Å². The molecule has 2 unspecified atom stereocenters. The monoisotopic (exact) mass is 196 g/mol. The van der Waals surface area contributed by atoms with Crippen LogP contribution in [0.4, 0.5) is 5.13 Å². The van der Waals surface area contributed by atoms with Crippen molar-refractivity contribution in [3.05, 3.63) is 11.1 Å². The second kappa shape index (κ2) is 2.69. The van der Waals surface area contributed by atoms with Crippen molar-refractivity contribution in [1.82, 2.24) is 4.98 Å². The summed E-state index contributed by atoms with van der Waals surface area (Å²) in [5.41, 5.74) is 0. The third-order valence-electron chi connectivity index (χ3n) is 2.62. The summed E-state index contributed by atoms with van der Waals surface area (Å²) in [5, 5.41) is 1.17. The van der Waals surface area contributed by atoms with Gasteiger partial charge < -0.3 is 9.64 Å². The molecule has 4 heteroatoms. The van der Waals surface area contributed by atoms with Gasteiger partial charge in [-0.3, -0.25) is 0 Å². The maximum Gasteiger partial charge on any atom is 0.185 e. The molecule has 1 saturated heterocycles. The average molecular weight is 196 g/mol. The number of fused-ring (bicyclic) bond motifs is 1. The molecular weight excluding hydrogens is 184 g/mol. The Hall–Kier alpha value is -0.610. The molecule has 2 fully saturated rings. The SMILES string of the molecule is Cc1cnc(N2CCOC3CC32)s1. The van der Waals surface area contributed by atoms with Gasteiger partial charge in [0, 0.05) is 17.6 Å². The van der Waals surface area contributed by atoms with Crippen molar-refractivity contribution in [3.8, 4) is 0 Å². The van der Waals surface area contributed by atoms with E-state index in [1.54, 1.807) is 11.3 Å². The summed E-state index contributed by atoms with van der Waals surface area (Å²) in [5.74, 6) is 0. The zero-order valence-corrected chi connectivity index (χ0v) is 8.38. The van der Waals surface area contributed by atoms with Crippen molar-refractivity contribution in [1.29, 1.82) is 0 Å². The van der Waals surface area contributed by atoms with Gasteiger partial charge >= 0.3 is 0 Å². The van der Waals surface area contributed by atoms with Crippen LogP contribution in [0.2, 0.25) is 0 Å². The molecule has 0 amide bonds. The molecule has 2 atom stereocenters. The number of thiazole rings is 1. The predicted molar refractivity (Wildman–Crippen MR) is 52.3 cm³/mol. The van der Waals surface area contributed by atoms with Crippen LogP contribution in [0.15, 0.2) is 6.20 Å². The highest BCUT2D eigenvalue weighted by Crippen LogP contribution is 2.38. The molecule has 0 N–H and O–H groups in total. The van der Waals surface area contributed by atoms with Crippen LogP contribution in [-0.4, -0.2) is 30.3 Å². The van der Waals surface area contributed by atoms with E-state index in [9.17, 15) is 0 Å². The lowest BCUT2D eigenvalue weighted by molar-refractivity contribution is 0.103. The van der Waals surface area contributed by atoms with Gasteiger partial charge in [-0.1, -0.05) is 0 Å². The van der Waals surface area contributed by atoms with E-state index < -0.39 is 0 Å². The topological polar surface area (TPSA) is 25.4 Å². The highest BCUT2D eigenvalue weighted by molar-refractivity contribution is 7.15. The lowest BCUT2D eigenvalue weighted by Gasteiger charge is -2.25. The Morgan fingerprint density at radius 2 is 2.62 bits per heavy atom. The quantitative estimate of drug-likeness (QED) is 0.679. The second-order valence-electron chi connectivity index (χ2n) is 3.66. The molecule has 2 aliphatic rings. The average Bonchev–Trinajstić information content (AvgIpc) is 2.81. The fourth-order valence-electron chi connectivity index (χ4n) is 1.85. The second-order valence-corrected chi connectivity index (χ2v) is 4.87. The standard InChI is InChI=1S/C9H12N2OS/c1-6-5-10-9(13-6)11-2-3-12-8-4-7(8)11/h5,7-8H,2-4H2,1H3. The summed E-state index contributed by atoms with van der Waals surface area (Å²) >= 11 is 1.78. The van der Waals surface area contributed by atoms with Gasteiger partial charge in [0.25, 0.3) is 0 Å². The predicted octanol–water partition coefficient (Wildman–Crippen LogP) is 1.43. The minimum absolute atomic E-state index is 0.498. The van der Waals surface area contributed by atoms with Gasteiger partial charge in [-0.2, -0.15) is 0 Å². The van der Waals surface area contributed by atoms with Crippen molar-refractivity contribution in [3.63, 3.8) is 0 Å². The molecule has 70 valence electrons. The van der Waals surface area contributed by atoms with E-state index in [0.29, 0.717) is 12.1 Å². The van der Waals surface area contributed by atoms with Gasteiger partial charge in [0.05, 0.1) is 18.8 Å². The van der Waals surface area contributed by atoms with E-state index in [1.165, 1.54) is 16.4 Å². The maximum atomic E-state index is 5.55. The maximum absolute atomic E-state index is 5.55. The number of aromatic nitrogens is 1. The lowest BCUT2D eigenvalue weighted by Crippen LogP contribution is -2.36. The first-order valence-corrected chi connectivity index (χ1v) is 5.47. The van der Waals surface area contributed by atoms with Crippen LogP contribution in [0.25, 0.3) is 0 Å². The molecule has 1 aliphatic heterocycles. The summed E-state index contributed by atoms with van der Waals surface area (Å²) in [7, 11) is 0. The molecular formula is C9H12N2OS. The van der Waals surface area contributed by atoms with Crippen LogP contribution in [0.1, 0.15) is 11.3 Å². The normalized spacial score (nSPS) is 31.6. The Labute approximate surface area is 81.3 Å². The first-order valence-electron chi connectivity index (χ1n) is 4.65. The highest BCUT2D eigenvalue weighted by Gasteiger charge is 2.46. The summed E-state index contributed by atoms with van der Waals surface area (Å²) in [6, 6.07) is 0.624. The number of ether oxygens (including phenoxy) is 1. The molecule has 0 bridgehead atoms. The van der Waals surface area contributed by atoms with E-state index >= 15 is 0 Å². The Morgan fingerprint density at radius 1 is 1.69 bits per heavy atom. The fourth-order valence-corrected chi connectivity index (χ4v) is 2.69. The Balaban J connectivity index is 1.84. The number of rotatable bonds is 1. The molecule has 0 aromatic carbocycles. The molecule has 1 aromatic heterocycles.